The Morgan fingerprint density at radius 3 is 2.77 bits per heavy atom. The van der Waals surface area contributed by atoms with Gasteiger partial charge in [-0.2, -0.15) is 5.10 Å². The molecule has 2 aromatic heterocycles. The Labute approximate surface area is 75.2 Å². The van der Waals surface area contributed by atoms with Crippen LogP contribution >= 0.6 is 0 Å². The highest BCUT2D eigenvalue weighted by molar-refractivity contribution is 5.46. The molecule has 13 heavy (non-hydrogen) atoms. The van der Waals surface area contributed by atoms with Gasteiger partial charge in [-0.25, -0.2) is 4.52 Å². The molecule has 0 aliphatic rings. The zero-order chi connectivity index (χ0) is 9.59. The molecule has 1 N–H and O–H groups in total. The van der Waals surface area contributed by atoms with Gasteiger partial charge in [0.15, 0.2) is 0 Å². The molecule has 0 aliphatic carbocycles. The highest BCUT2D eigenvalue weighted by Gasteiger charge is 2.06. The average Bonchev–Trinajstić information content (AvgIpc) is 2.45. The van der Waals surface area contributed by atoms with Crippen molar-refractivity contribution in [2.24, 2.45) is 0 Å². The van der Waals surface area contributed by atoms with E-state index in [1.54, 1.807) is 17.6 Å². The molecule has 0 spiro atoms. The van der Waals surface area contributed by atoms with E-state index in [1.165, 1.54) is 0 Å². The molecule has 0 fully saturated rings. The fourth-order valence-electron chi connectivity index (χ4n) is 1.36. The minimum atomic E-state index is -0.0337. The summed E-state index contributed by atoms with van der Waals surface area (Å²) in [5.74, 6) is 0. The van der Waals surface area contributed by atoms with Crippen molar-refractivity contribution in [1.82, 2.24) is 14.6 Å². The van der Waals surface area contributed by atoms with Crippen LogP contribution in [0.15, 0.2) is 11.0 Å². The van der Waals surface area contributed by atoms with Crippen LogP contribution in [0.25, 0.3) is 5.65 Å². The summed E-state index contributed by atoms with van der Waals surface area (Å²) in [6.07, 6.45) is 1.75. The van der Waals surface area contributed by atoms with Gasteiger partial charge in [-0.3, -0.25) is 4.79 Å². The standard InChI is InChI=1S/C9H11N3O/c1-5-4-10-12-7(3)6(2)9(13)11-8(5)12/h4H,1-3H3,(H,11,13). The van der Waals surface area contributed by atoms with Crippen LogP contribution in [-0.2, 0) is 0 Å². The number of rotatable bonds is 0. The van der Waals surface area contributed by atoms with E-state index < -0.39 is 0 Å². The Kier molecular flexibility index (Phi) is 1.52. The van der Waals surface area contributed by atoms with Crippen molar-refractivity contribution in [3.63, 3.8) is 0 Å². The van der Waals surface area contributed by atoms with Crippen LogP contribution < -0.4 is 5.56 Å². The Morgan fingerprint density at radius 2 is 2.08 bits per heavy atom. The number of hydrogen-bond donors (Lipinski definition) is 1. The van der Waals surface area contributed by atoms with Gasteiger partial charge < -0.3 is 4.98 Å². The topological polar surface area (TPSA) is 50.2 Å². The summed E-state index contributed by atoms with van der Waals surface area (Å²) in [6, 6.07) is 0. The van der Waals surface area contributed by atoms with Crippen LogP contribution in [0.5, 0.6) is 0 Å². The summed E-state index contributed by atoms with van der Waals surface area (Å²) in [5.41, 5.74) is 3.35. The van der Waals surface area contributed by atoms with Gasteiger partial charge in [0.25, 0.3) is 5.56 Å². The van der Waals surface area contributed by atoms with Crippen LogP contribution in [0.2, 0.25) is 0 Å². The van der Waals surface area contributed by atoms with Crippen molar-refractivity contribution in [1.29, 1.82) is 0 Å². The third-order valence-electron chi connectivity index (χ3n) is 2.39. The predicted molar refractivity (Wildman–Crippen MR) is 50.0 cm³/mol. The number of nitrogens with one attached hydrogen (secondary N) is 1. The van der Waals surface area contributed by atoms with Crippen molar-refractivity contribution in [2.75, 3.05) is 0 Å². The van der Waals surface area contributed by atoms with E-state index >= 15 is 0 Å². The van der Waals surface area contributed by atoms with E-state index in [2.05, 4.69) is 10.1 Å². The number of aryl methyl sites for hydroxylation is 2. The number of hydrogen-bond acceptors (Lipinski definition) is 2. The van der Waals surface area contributed by atoms with Crippen LogP contribution in [-0.4, -0.2) is 14.6 Å². The van der Waals surface area contributed by atoms with E-state index in [4.69, 9.17) is 0 Å². The first-order valence-corrected chi connectivity index (χ1v) is 4.15. The number of nitrogens with zero attached hydrogens (tertiary/aromatic N) is 2. The second-order valence-corrected chi connectivity index (χ2v) is 3.25. The lowest BCUT2D eigenvalue weighted by molar-refractivity contribution is 0.870. The summed E-state index contributed by atoms with van der Waals surface area (Å²) < 4.78 is 1.76. The third kappa shape index (κ3) is 0.983. The first kappa shape index (κ1) is 8.04. The van der Waals surface area contributed by atoms with Crippen LogP contribution in [0.4, 0.5) is 0 Å². The Bertz CT molecular complexity index is 521. The second-order valence-electron chi connectivity index (χ2n) is 3.25. The molecule has 0 unspecified atom stereocenters. The van der Waals surface area contributed by atoms with Crippen LogP contribution in [0.1, 0.15) is 16.8 Å². The van der Waals surface area contributed by atoms with Gasteiger partial charge in [-0.05, 0) is 20.8 Å². The number of aromatic amines is 1. The lowest BCUT2D eigenvalue weighted by atomic mass is 10.2. The maximum atomic E-state index is 11.4. The molecule has 0 saturated heterocycles. The van der Waals surface area contributed by atoms with Gasteiger partial charge in [0.1, 0.15) is 5.65 Å². The number of aromatic nitrogens is 3. The molecule has 2 heterocycles. The normalized spacial score (nSPS) is 11.0. The highest BCUT2D eigenvalue weighted by Crippen LogP contribution is 2.07. The van der Waals surface area contributed by atoms with E-state index in [9.17, 15) is 4.79 Å². The molecule has 2 rings (SSSR count). The Morgan fingerprint density at radius 1 is 1.38 bits per heavy atom. The van der Waals surface area contributed by atoms with Gasteiger partial charge in [-0.1, -0.05) is 0 Å². The third-order valence-corrected chi connectivity index (χ3v) is 2.39. The summed E-state index contributed by atoms with van der Waals surface area (Å²) >= 11 is 0. The Hall–Kier alpha value is -1.58. The minimum absolute atomic E-state index is 0.0337. The molecule has 0 saturated carbocycles. The fraction of sp³-hybridized carbons (Fsp3) is 0.333. The second kappa shape index (κ2) is 2.45. The molecule has 0 aliphatic heterocycles. The number of H-pyrrole nitrogens is 1. The smallest absolute Gasteiger partial charge is 0.254 e. The lowest BCUT2D eigenvalue weighted by Gasteiger charge is -2.01. The lowest BCUT2D eigenvalue weighted by Crippen LogP contribution is -2.15. The summed E-state index contributed by atoms with van der Waals surface area (Å²) in [5, 5.41) is 4.17. The summed E-state index contributed by atoms with van der Waals surface area (Å²) in [4.78, 5) is 14.2. The van der Waals surface area contributed by atoms with Gasteiger partial charge in [-0.15, -0.1) is 0 Å². The van der Waals surface area contributed by atoms with Gasteiger partial charge in [0.2, 0.25) is 0 Å². The molecule has 68 valence electrons. The van der Waals surface area contributed by atoms with Crippen molar-refractivity contribution in [2.45, 2.75) is 20.8 Å². The molecule has 0 radical (unpaired) electrons. The van der Waals surface area contributed by atoms with E-state index in [-0.39, 0.29) is 5.56 Å². The molecule has 2 aromatic rings. The summed E-state index contributed by atoms with van der Waals surface area (Å²) in [6.45, 7) is 5.61. The molecule has 0 atom stereocenters. The fourth-order valence-corrected chi connectivity index (χ4v) is 1.36. The monoisotopic (exact) mass is 177 g/mol. The van der Waals surface area contributed by atoms with Crippen molar-refractivity contribution >= 4 is 5.65 Å². The van der Waals surface area contributed by atoms with Gasteiger partial charge in [0.05, 0.1) is 6.20 Å². The SMILES string of the molecule is Cc1c(C)n2ncc(C)c2[nH]c1=O. The summed E-state index contributed by atoms with van der Waals surface area (Å²) in [7, 11) is 0. The number of fused-ring (bicyclic) bond motifs is 1. The Balaban J connectivity index is 3.05. The molecule has 4 heteroatoms. The van der Waals surface area contributed by atoms with Gasteiger partial charge in [0, 0.05) is 16.8 Å². The maximum Gasteiger partial charge on any atom is 0.254 e. The van der Waals surface area contributed by atoms with Crippen LogP contribution in [0.3, 0.4) is 0 Å². The van der Waals surface area contributed by atoms with Crippen molar-refractivity contribution in [3.8, 4) is 0 Å². The zero-order valence-electron chi connectivity index (χ0n) is 7.88. The van der Waals surface area contributed by atoms with E-state index in [0.29, 0.717) is 0 Å². The largest absolute Gasteiger partial charge is 0.306 e. The molecule has 0 amide bonds. The van der Waals surface area contributed by atoms with E-state index in [0.717, 1.165) is 22.5 Å². The molecular weight excluding hydrogens is 166 g/mol. The van der Waals surface area contributed by atoms with Crippen LogP contribution in [0, 0.1) is 20.8 Å². The average molecular weight is 177 g/mol. The van der Waals surface area contributed by atoms with Crippen molar-refractivity contribution in [3.05, 3.63) is 33.4 Å². The van der Waals surface area contributed by atoms with E-state index in [1.807, 2.05) is 13.8 Å². The molecular formula is C9H11N3O. The maximum absolute atomic E-state index is 11.4. The first-order valence-electron chi connectivity index (χ1n) is 4.15. The zero-order valence-corrected chi connectivity index (χ0v) is 7.88. The molecule has 4 nitrogen and oxygen atoms in total. The molecule has 0 bridgehead atoms. The predicted octanol–water partition coefficient (Wildman–Crippen LogP) is 0.948. The molecule has 0 aromatic carbocycles. The highest BCUT2D eigenvalue weighted by atomic mass is 16.1. The van der Waals surface area contributed by atoms with Crippen molar-refractivity contribution < 1.29 is 0 Å². The minimum Gasteiger partial charge on any atom is -0.306 e. The van der Waals surface area contributed by atoms with Gasteiger partial charge >= 0.3 is 0 Å². The quantitative estimate of drug-likeness (QED) is 0.651. The first-order chi connectivity index (χ1) is 6.11.